The van der Waals surface area contributed by atoms with Crippen molar-refractivity contribution in [2.24, 2.45) is 0 Å². The minimum absolute atomic E-state index is 0.161. The summed E-state index contributed by atoms with van der Waals surface area (Å²) in [5.41, 5.74) is 2.18. The summed E-state index contributed by atoms with van der Waals surface area (Å²) in [7, 11) is 0. The highest BCUT2D eigenvalue weighted by Gasteiger charge is 2.24. The van der Waals surface area contributed by atoms with E-state index in [1.54, 1.807) is 18.2 Å². The number of benzene rings is 1. The molecule has 3 rings (SSSR count). The number of carbonyl (C=O) groups excluding carboxylic acids is 2. The van der Waals surface area contributed by atoms with Crippen LogP contribution in [-0.4, -0.2) is 28.1 Å². The summed E-state index contributed by atoms with van der Waals surface area (Å²) in [5, 5.41) is 24.0. The maximum absolute atomic E-state index is 13.0. The van der Waals surface area contributed by atoms with Crippen LogP contribution in [0.3, 0.4) is 0 Å². The first-order valence-corrected chi connectivity index (χ1v) is 11.9. The number of anilines is 2. The summed E-state index contributed by atoms with van der Waals surface area (Å²) in [5.74, 6) is -1.91. The normalized spacial score (nSPS) is 13.8. The summed E-state index contributed by atoms with van der Waals surface area (Å²) in [6.07, 6.45) is 6.31. The van der Waals surface area contributed by atoms with Crippen molar-refractivity contribution in [3.63, 3.8) is 0 Å². The zero-order valence-electron chi connectivity index (χ0n) is 17.5. The maximum Gasteiger partial charge on any atom is 0.328 e. The Morgan fingerprint density at radius 3 is 2.75 bits per heavy atom. The van der Waals surface area contributed by atoms with E-state index in [-0.39, 0.29) is 11.2 Å². The van der Waals surface area contributed by atoms with Crippen molar-refractivity contribution in [1.29, 1.82) is 5.26 Å². The van der Waals surface area contributed by atoms with Crippen LogP contribution in [0.4, 0.5) is 10.7 Å². The number of nitrogens with zero attached hydrogens (tertiary/aromatic N) is 1. The standard InChI is InChI=1S/C23H23N3O4S2/c1-2-18(22(30)26-23-17(13-24)16-8-3-4-9-19(16)32-23)31-15-7-5-6-14(12-15)25-20(27)10-11-21(28)29/h5-7,10-12,18H,2-4,8-9H2,1H3,(H,25,27)(H,26,30)(H,28,29)/b11-10+. The van der Waals surface area contributed by atoms with Crippen molar-refractivity contribution in [3.05, 3.63) is 52.4 Å². The number of hydrogen-bond donors (Lipinski definition) is 3. The van der Waals surface area contributed by atoms with E-state index in [4.69, 9.17) is 5.11 Å². The predicted octanol–water partition coefficient (Wildman–Crippen LogP) is 4.59. The summed E-state index contributed by atoms with van der Waals surface area (Å²) >= 11 is 2.88. The van der Waals surface area contributed by atoms with Crippen LogP contribution < -0.4 is 10.6 Å². The molecule has 0 bridgehead atoms. The first kappa shape index (κ1) is 23.6. The number of nitrogens with one attached hydrogen (secondary N) is 2. The maximum atomic E-state index is 13.0. The van der Waals surface area contributed by atoms with Crippen LogP contribution >= 0.6 is 23.1 Å². The van der Waals surface area contributed by atoms with E-state index in [0.717, 1.165) is 48.3 Å². The van der Waals surface area contributed by atoms with Gasteiger partial charge < -0.3 is 15.7 Å². The van der Waals surface area contributed by atoms with Gasteiger partial charge in [0.1, 0.15) is 11.1 Å². The molecule has 7 nitrogen and oxygen atoms in total. The van der Waals surface area contributed by atoms with Crippen molar-refractivity contribution >= 4 is 51.6 Å². The second-order valence-corrected chi connectivity index (χ2v) is 9.60. The summed E-state index contributed by atoms with van der Waals surface area (Å²) in [4.78, 5) is 37.3. The Bertz CT molecular complexity index is 1100. The molecule has 0 aliphatic heterocycles. The number of carboxylic acids is 1. The highest BCUT2D eigenvalue weighted by Crippen LogP contribution is 2.38. The van der Waals surface area contributed by atoms with Gasteiger partial charge in [-0.1, -0.05) is 13.0 Å². The topological polar surface area (TPSA) is 119 Å². The number of hydrogen-bond acceptors (Lipinski definition) is 6. The minimum Gasteiger partial charge on any atom is -0.478 e. The third kappa shape index (κ3) is 5.99. The summed E-state index contributed by atoms with van der Waals surface area (Å²) < 4.78 is 0. The average molecular weight is 470 g/mol. The molecule has 1 heterocycles. The van der Waals surface area contributed by atoms with Crippen LogP contribution in [0.1, 0.15) is 42.2 Å². The van der Waals surface area contributed by atoms with Gasteiger partial charge in [-0.15, -0.1) is 23.1 Å². The molecule has 1 aromatic heterocycles. The quantitative estimate of drug-likeness (QED) is 0.384. The fourth-order valence-corrected chi connectivity index (χ4v) is 5.69. The molecule has 2 aromatic rings. The number of thiophene rings is 1. The van der Waals surface area contributed by atoms with Crippen LogP contribution in [0, 0.1) is 11.3 Å². The second kappa shape index (κ2) is 11.0. The SMILES string of the molecule is CCC(Sc1cccc(NC(=O)/C=C/C(=O)O)c1)C(=O)Nc1sc2c(c1C#N)CCCC2. The van der Waals surface area contributed by atoms with E-state index in [9.17, 15) is 19.6 Å². The van der Waals surface area contributed by atoms with E-state index in [2.05, 4.69) is 16.7 Å². The third-order valence-electron chi connectivity index (χ3n) is 4.94. The molecule has 1 aromatic carbocycles. The molecule has 1 aliphatic rings. The van der Waals surface area contributed by atoms with Crippen molar-refractivity contribution in [1.82, 2.24) is 0 Å². The van der Waals surface area contributed by atoms with Gasteiger partial charge in [0.25, 0.3) is 0 Å². The molecule has 1 unspecified atom stereocenters. The Balaban J connectivity index is 1.68. The van der Waals surface area contributed by atoms with Gasteiger partial charge in [-0.05, 0) is 55.9 Å². The van der Waals surface area contributed by atoms with Crippen molar-refractivity contribution in [2.75, 3.05) is 10.6 Å². The van der Waals surface area contributed by atoms with Crippen LogP contribution in [0.15, 0.2) is 41.3 Å². The van der Waals surface area contributed by atoms with E-state index in [0.29, 0.717) is 22.7 Å². The van der Waals surface area contributed by atoms with Gasteiger partial charge in [0, 0.05) is 27.6 Å². The fraction of sp³-hybridized carbons (Fsp3) is 0.304. The smallest absolute Gasteiger partial charge is 0.328 e. The first-order chi connectivity index (χ1) is 15.4. The van der Waals surface area contributed by atoms with Crippen LogP contribution in [0.5, 0.6) is 0 Å². The molecule has 2 amide bonds. The van der Waals surface area contributed by atoms with Crippen molar-refractivity contribution in [2.45, 2.75) is 49.2 Å². The van der Waals surface area contributed by atoms with Gasteiger partial charge in [0.05, 0.1) is 10.8 Å². The number of amides is 2. The molecule has 0 saturated heterocycles. The molecule has 0 fully saturated rings. The zero-order valence-corrected chi connectivity index (χ0v) is 19.1. The number of carbonyl (C=O) groups is 3. The van der Waals surface area contributed by atoms with Crippen LogP contribution in [0.25, 0.3) is 0 Å². The van der Waals surface area contributed by atoms with Crippen LogP contribution in [0.2, 0.25) is 0 Å². The largest absolute Gasteiger partial charge is 0.478 e. The van der Waals surface area contributed by atoms with Gasteiger partial charge >= 0.3 is 5.97 Å². The molecule has 0 spiro atoms. The van der Waals surface area contributed by atoms with Crippen molar-refractivity contribution < 1.29 is 19.5 Å². The number of aliphatic carboxylic acids is 1. The Hall–Kier alpha value is -3.09. The highest BCUT2D eigenvalue weighted by atomic mass is 32.2. The van der Waals surface area contributed by atoms with Gasteiger partial charge in [0.2, 0.25) is 11.8 Å². The third-order valence-corrected chi connectivity index (χ3v) is 7.51. The molecule has 1 atom stereocenters. The Morgan fingerprint density at radius 2 is 2.03 bits per heavy atom. The molecule has 166 valence electrons. The number of nitriles is 1. The monoisotopic (exact) mass is 469 g/mol. The molecular weight excluding hydrogens is 446 g/mol. The summed E-state index contributed by atoms with van der Waals surface area (Å²) in [6, 6.07) is 9.28. The number of aryl methyl sites for hydroxylation is 1. The van der Waals surface area contributed by atoms with Gasteiger partial charge in [-0.25, -0.2) is 4.79 Å². The number of thioether (sulfide) groups is 1. The highest BCUT2D eigenvalue weighted by molar-refractivity contribution is 8.00. The molecule has 9 heteroatoms. The van der Waals surface area contributed by atoms with E-state index >= 15 is 0 Å². The molecule has 0 radical (unpaired) electrons. The zero-order chi connectivity index (χ0) is 23.1. The number of carboxylic acid groups (broad SMARTS) is 1. The summed E-state index contributed by atoms with van der Waals surface area (Å²) in [6.45, 7) is 1.92. The fourth-order valence-electron chi connectivity index (χ4n) is 3.43. The molecule has 1 aliphatic carbocycles. The molecule has 3 N–H and O–H groups in total. The van der Waals surface area contributed by atoms with Crippen molar-refractivity contribution in [3.8, 4) is 6.07 Å². The van der Waals surface area contributed by atoms with Crippen LogP contribution in [-0.2, 0) is 27.2 Å². The lowest BCUT2D eigenvalue weighted by Crippen LogP contribution is -2.24. The van der Waals surface area contributed by atoms with Gasteiger partial charge in [-0.3, -0.25) is 9.59 Å². The predicted molar refractivity (Wildman–Crippen MR) is 126 cm³/mol. The first-order valence-electron chi connectivity index (χ1n) is 10.3. The molecule has 32 heavy (non-hydrogen) atoms. The Labute approximate surface area is 194 Å². The average Bonchev–Trinajstić information content (AvgIpc) is 3.13. The van der Waals surface area contributed by atoms with E-state index < -0.39 is 11.9 Å². The minimum atomic E-state index is -1.20. The second-order valence-electron chi connectivity index (χ2n) is 7.22. The molecular formula is C23H23N3O4S2. The lowest BCUT2D eigenvalue weighted by Gasteiger charge is -2.15. The van der Waals surface area contributed by atoms with E-state index in [1.807, 2.05) is 13.0 Å². The lowest BCUT2D eigenvalue weighted by molar-refractivity contribution is -0.131. The Morgan fingerprint density at radius 1 is 1.25 bits per heavy atom. The van der Waals surface area contributed by atoms with E-state index in [1.165, 1.54) is 28.0 Å². The molecule has 0 saturated carbocycles. The lowest BCUT2D eigenvalue weighted by atomic mass is 9.96. The Kier molecular flexibility index (Phi) is 8.09. The van der Waals surface area contributed by atoms with Gasteiger partial charge in [0.15, 0.2) is 0 Å². The number of rotatable bonds is 8. The number of fused-ring (bicyclic) bond motifs is 1. The van der Waals surface area contributed by atoms with Gasteiger partial charge in [-0.2, -0.15) is 5.26 Å².